The zero-order valence-electron chi connectivity index (χ0n) is 12.2. The normalized spacial score (nSPS) is 12.0. The molecule has 1 amide bonds. The molecule has 1 unspecified atom stereocenters. The number of rotatable bonds is 5. The van der Waals surface area contributed by atoms with E-state index in [0.717, 1.165) is 0 Å². The van der Waals surface area contributed by atoms with E-state index in [0.29, 0.717) is 24.6 Å². The Kier molecular flexibility index (Phi) is 5.57. The predicted molar refractivity (Wildman–Crippen MR) is 76.9 cm³/mol. The van der Waals surface area contributed by atoms with E-state index in [1.54, 1.807) is 4.90 Å². The van der Waals surface area contributed by atoms with Crippen molar-refractivity contribution in [1.82, 2.24) is 4.90 Å². The van der Waals surface area contributed by atoms with Crippen molar-refractivity contribution in [2.24, 2.45) is 5.92 Å². The number of nitriles is 1. The van der Waals surface area contributed by atoms with Crippen LogP contribution in [0.1, 0.15) is 49.5 Å². The smallest absolute Gasteiger partial charge is 0.253 e. The number of hydrogen-bond acceptors (Lipinski definition) is 2. The Morgan fingerprint density at radius 2 is 1.84 bits per heavy atom. The Labute approximate surface area is 115 Å². The fourth-order valence-corrected chi connectivity index (χ4v) is 1.92. The van der Waals surface area contributed by atoms with Gasteiger partial charge in [0.25, 0.3) is 5.91 Å². The Bertz CT molecular complexity index is 457. The third-order valence-electron chi connectivity index (χ3n) is 3.21. The first-order valence-corrected chi connectivity index (χ1v) is 6.78. The molecule has 3 heteroatoms. The number of benzene rings is 1. The van der Waals surface area contributed by atoms with Crippen molar-refractivity contribution in [3.05, 3.63) is 35.4 Å². The highest BCUT2D eigenvalue weighted by atomic mass is 16.2. The van der Waals surface area contributed by atoms with Crippen molar-refractivity contribution >= 4 is 5.91 Å². The summed E-state index contributed by atoms with van der Waals surface area (Å²) < 4.78 is 0. The minimum atomic E-state index is -0.140. The third kappa shape index (κ3) is 4.10. The van der Waals surface area contributed by atoms with E-state index >= 15 is 0 Å². The lowest BCUT2D eigenvalue weighted by atomic mass is 10.0. The maximum atomic E-state index is 12.3. The van der Waals surface area contributed by atoms with E-state index in [-0.39, 0.29) is 11.8 Å². The molecule has 0 bridgehead atoms. The molecule has 0 N–H and O–H groups in total. The first kappa shape index (κ1) is 15.2. The van der Waals surface area contributed by atoms with E-state index in [9.17, 15) is 4.79 Å². The second-order valence-electron chi connectivity index (χ2n) is 5.15. The molecule has 3 nitrogen and oxygen atoms in total. The van der Waals surface area contributed by atoms with Gasteiger partial charge in [0.2, 0.25) is 0 Å². The number of hydrogen-bond donors (Lipinski definition) is 0. The lowest BCUT2D eigenvalue weighted by molar-refractivity contribution is 0.0752. The van der Waals surface area contributed by atoms with Crippen LogP contribution < -0.4 is 0 Å². The summed E-state index contributed by atoms with van der Waals surface area (Å²) in [5, 5.41) is 8.84. The number of carbonyl (C=O) groups is 1. The van der Waals surface area contributed by atoms with Crippen LogP contribution in [0.5, 0.6) is 0 Å². The highest BCUT2D eigenvalue weighted by Crippen LogP contribution is 2.16. The molecule has 1 atom stereocenters. The van der Waals surface area contributed by atoms with Gasteiger partial charge in [-0.1, -0.05) is 26.0 Å². The fraction of sp³-hybridized carbons (Fsp3) is 0.500. The summed E-state index contributed by atoms with van der Waals surface area (Å²) in [6.45, 7) is 9.13. The first-order valence-electron chi connectivity index (χ1n) is 6.78. The molecule has 0 fully saturated rings. The molecule has 0 heterocycles. The SMILES string of the molecule is CCN(CC(C)C#N)C(=O)c1ccc(C(C)C)cc1. The van der Waals surface area contributed by atoms with Crippen molar-refractivity contribution < 1.29 is 4.79 Å². The quantitative estimate of drug-likeness (QED) is 0.812. The Balaban J connectivity index is 2.83. The molecule has 1 aromatic carbocycles. The van der Waals surface area contributed by atoms with Crippen molar-refractivity contribution in [1.29, 1.82) is 5.26 Å². The van der Waals surface area contributed by atoms with Crippen LogP contribution >= 0.6 is 0 Å². The van der Waals surface area contributed by atoms with Crippen LogP contribution in [0.15, 0.2) is 24.3 Å². The molecule has 0 aliphatic heterocycles. The van der Waals surface area contributed by atoms with Gasteiger partial charge in [-0.25, -0.2) is 0 Å². The van der Waals surface area contributed by atoms with Gasteiger partial charge in [0.15, 0.2) is 0 Å². The number of carbonyl (C=O) groups excluding carboxylic acids is 1. The van der Waals surface area contributed by atoms with Crippen molar-refractivity contribution in [3.63, 3.8) is 0 Å². The van der Waals surface area contributed by atoms with Gasteiger partial charge >= 0.3 is 0 Å². The number of nitrogens with zero attached hydrogens (tertiary/aromatic N) is 2. The summed E-state index contributed by atoms with van der Waals surface area (Å²) in [4.78, 5) is 14.0. The van der Waals surface area contributed by atoms with Crippen molar-refractivity contribution in [2.45, 2.75) is 33.6 Å². The van der Waals surface area contributed by atoms with Gasteiger partial charge in [-0.05, 0) is 37.5 Å². The van der Waals surface area contributed by atoms with Crippen LogP contribution in [0.25, 0.3) is 0 Å². The van der Waals surface area contributed by atoms with Gasteiger partial charge in [0.05, 0.1) is 12.0 Å². The highest BCUT2D eigenvalue weighted by Gasteiger charge is 2.16. The molecule has 0 aliphatic rings. The van der Waals surface area contributed by atoms with E-state index in [1.165, 1.54) is 5.56 Å². The summed E-state index contributed by atoms with van der Waals surface area (Å²) in [6.07, 6.45) is 0. The van der Waals surface area contributed by atoms with Gasteiger partial charge in [-0.2, -0.15) is 5.26 Å². The molecule has 0 aliphatic carbocycles. The Morgan fingerprint density at radius 1 is 1.26 bits per heavy atom. The summed E-state index contributed by atoms with van der Waals surface area (Å²) in [7, 11) is 0. The zero-order valence-corrected chi connectivity index (χ0v) is 12.2. The van der Waals surface area contributed by atoms with E-state index < -0.39 is 0 Å². The maximum absolute atomic E-state index is 12.3. The average molecular weight is 258 g/mol. The first-order chi connectivity index (χ1) is 8.99. The molecule has 0 spiro atoms. The van der Waals surface area contributed by atoms with Gasteiger partial charge < -0.3 is 4.90 Å². The second kappa shape index (κ2) is 6.94. The molecule has 1 aromatic rings. The van der Waals surface area contributed by atoms with E-state index in [4.69, 9.17) is 5.26 Å². The minimum Gasteiger partial charge on any atom is -0.338 e. The molecule has 1 rings (SSSR count). The molecular weight excluding hydrogens is 236 g/mol. The average Bonchev–Trinajstić information content (AvgIpc) is 2.43. The van der Waals surface area contributed by atoms with Crippen LogP contribution in [-0.4, -0.2) is 23.9 Å². The third-order valence-corrected chi connectivity index (χ3v) is 3.21. The fourth-order valence-electron chi connectivity index (χ4n) is 1.92. The Hall–Kier alpha value is -1.82. The topological polar surface area (TPSA) is 44.1 Å². The molecule has 0 saturated carbocycles. The monoisotopic (exact) mass is 258 g/mol. The van der Waals surface area contributed by atoms with Gasteiger partial charge in [0.1, 0.15) is 0 Å². The van der Waals surface area contributed by atoms with Gasteiger partial charge in [-0.15, -0.1) is 0 Å². The highest BCUT2D eigenvalue weighted by molar-refractivity contribution is 5.94. The summed E-state index contributed by atoms with van der Waals surface area (Å²) in [5.74, 6) is 0.323. The van der Waals surface area contributed by atoms with Gasteiger partial charge in [-0.3, -0.25) is 4.79 Å². The predicted octanol–water partition coefficient (Wildman–Crippen LogP) is 3.43. The van der Waals surface area contributed by atoms with Crippen LogP contribution in [-0.2, 0) is 0 Å². The lowest BCUT2D eigenvalue weighted by Crippen LogP contribution is -2.34. The van der Waals surface area contributed by atoms with Crippen molar-refractivity contribution in [3.8, 4) is 6.07 Å². The minimum absolute atomic E-state index is 0.0000869. The lowest BCUT2D eigenvalue weighted by Gasteiger charge is -2.22. The summed E-state index contributed by atoms with van der Waals surface area (Å²) in [5.41, 5.74) is 1.92. The van der Waals surface area contributed by atoms with E-state index in [1.807, 2.05) is 38.1 Å². The van der Waals surface area contributed by atoms with Gasteiger partial charge in [0, 0.05) is 18.7 Å². The van der Waals surface area contributed by atoms with Crippen LogP contribution in [0.3, 0.4) is 0 Å². The second-order valence-corrected chi connectivity index (χ2v) is 5.15. The summed E-state index contributed by atoms with van der Waals surface area (Å²) in [6, 6.07) is 9.91. The Morgan fingerprint density at radius 3 is 2.26 bits per heavy atom. The maximum Gasteiger partial charge on any atom is 0.253 e. The molecule has 102 valence electrons. The largest absolute Gasteiger partial charge is 0.338 e. The van der Waals surface area contributed by atoms with Crippen LogP contribution in [0, 0.1) is 17.2 Å². The molecule has 0 aromatic heterocycles. The number of amides is 1. The molecule has 0 radical (unpaired) electrons. The van der Waals surface area contributed by atoms with Crippen LogP contribution in [0.4, 0.5) is 0 Å². The molecular formula is C16H22N2O. The standard InChI is InChI=1S/C16H22N2O/c1-5-18(11-13(4)10-17)16(19)15-8-6-14(7-9-15)12(2)3/h6-9,12-13H,5,11H2,1-4H3. The summed E-state index contributed by atoms with van der Waals surface area (Å²) >= 11 is 0. The molecule has 19 heavy (non-hydrogen) atoms. The van der Waals surface area contributed by atoms with Crippen molar-refractivity contribution in [2.75, 3.05) is 13.1 Å². The van der Waals surface area contributed by atoms with E-state index in [2.05, 4.69) is 19.9 Å². The van der Waals surface area contributed by atoms with Crippen LogP contribution in [0.2, 0.25) is 0 Å². The molecule has 0 saturated heterocycles. The zero-order chi connectivity index (χ0) is 14.4.